The Balaban J connectivity index is 1.80. The van der Waals surface area contributed by atoms with Crippen LogP contribution in [0.1, 0.15) is 56.8 Å². The molecule has 4 atom stereocenters. The van der Waals surface area contributed by atoms with Gasteiger partial charge in [-0.2, -0.15) is 9.97 Å². The van der Waals surface area contributed by atoms with Crippen molar-refractivity contribution >= 4 is 62.9 Å². The summed E-state index contributed by atoms with van der Waals surface area (Å²) >= 11 is 7.93. The van der Waals surface area contributed by atoms with Gasteiger partial charge in [-0.3, -0.25) is 0 Å². The zero-order chi connectivity index (χ0) is 31.3. The van der Waals surface area contributed by atoms with Crippen molar-refractivity contribution < 1.29 is 18.8 Å². The van der Waals surface area contributed by atoms with Gasteiger partial charge in [0.25, 0.3) is 0 Å². The van der Waals surface area contributed by atoms with Gasteiger partial charge in [0.1, 0.15) is 12.1 Å². The van der Waals surface area contributed by atoms with Crippen LogP contribution in [0.25, 0.3) is 11.2 Å². The fourth-order valence-corrected chi connectivity index (χ4v) is 8.88. The number of hydrogen-bond acceptors (Lipinski definition) is 9. The highest BCUT2D eigenvalue weighted by Crippen LogP contribution is 2.56. The van der Waals surface area contributed by atoms with Gasteiger partial charge in [-0.15, -0.1) is 11.8 Å². The number of anilines is 1. The van der Waals surface area contributed by atoms with E-state index in [-0.39, 0.29) is 56.4 Å². The molecule has 1 aliphatic heterocycles. The molecule has 0 aliphatic carbocycles. The quantitative estimate of drug-likeness (QED) is 0.144. The fourth-order valence-electron chi connectivity index (χ4n) is 4.85. The van der Waals surface area contributed by atoms with Crippen LogP contribution in [0.15, 0.2) is 36.7 Å². The molecule has 4 unspecified atom stereocenters. The number of ether oxygens (including phenoxy) is 1. The van der Waals surface area contributed by atoms with E-state index in [0.717, 1.165) is 0 Å². The minimum absolute atomic E-state index is 0.0387. The third-order valence-electron chi connectivity index (χ3n) is 9.19. The van der Waals surface area contributed by atoms with E-state index in [0.29, 0.717) is 23.1 Å². The van der Waals surface area contributed by atoms with E-state index in [1.807, 2.05) is 35.9 Å². The predicted molar refractivity (Wildman–Crippen MR) is 176 cm³/mol. The average molecular weight is 650 g/mol. The molecule has 42 heavy (non-hydrogen) atoms. The zero-order valence-corrected chi connectivity index (χ0v) is 29.6. The van der Waals surface area contributed by atoms with Gasteiger partial charge in [-0.1, -0.05) is 52.8 Å². The van der Waals surface area contributed by atoms with Gasteiger partial charge in [-0.05, 0) is 66.4 Å². The Morgan fingerprint density at radius 2 is 1.76 bits per heavy atom. The first-order valence-corrected chi connectivity index (χ1v) is 21.4. The number of aromatic nitrogens is 4. The number of rotatable bonds is 9. The summed E-state index contributed by atoms with van der Waals surface area (Å²) in [5.74, 6) is -0.215. The number of nitrogen functional groups attached to an aromatic ring is 1. The first-order chi connectivity index (χ1) is 19.3. The Morgan fingerprint density at radius 1 is 1.12 bits per heavy atom. The molecule has 1 fully saturated rings. The molecule has 3 heterocycles. The third kappa shape index (κ3) is 6.73. The summed E-state index contributed by atoms with van der Waals surface area (Å²) in [6, 6.07) is 9.01. The maximum absolute atomic E-state index is 13.0. The van der Waals surface area contributed by atoms with Gasteiger partial charge in [0.05, 0.1) is 28.6 Å². The van der Waals surface area contributed by atoms with Crippen molar-refractivity contribution in [3.8, 4) is 0 Å². The van der Waals surface area contributed by atoms with Gasteiger partial charge in [0, 0.05) is 5.92 Å². The smallest absolute Gasteiger partial charge is 0.338 e. The number of thioether (sulfide) groups is 1. The molecule has 1 aromatic carbocycles. The summed E-state index contributed by atoms with van der Waals surface area (Å²) < 4.78 is 15.1. The largest absolute Gasteiger partial charge is 0.461 e. The normalized spacial score (nSPS) is 22.1. The topological polar surface area (TPSA) is 125 Å². The molecule has 1 aliphatic rings. The Hall–Kier alpha value is -1.97. The van der Waals surface area contributed by atoms with E-state index in [9.17, 15) is 9.59 Å². The van der Waals surface area contributed by atoms with Crippen molar-refractivity contribution in [1.82, 2.24) is 19.5 Å². The molecule has 0 amide bonds. The maximum atomic E-state index is 13.0. The maximum Gasteiger partial charge on any atom is 0.338 e. The number of benzene rings is 1. The third-order valence-corrected chi connectivity index (χ3v) is 19.0. The highest BCUT2D eigenvalue weighted by Gasteiger charge is 2.54. The van der Waals surface area contributed by atoms with E-state index in [2.05, 4.69) is 62.7 Å². The lowest BCUT2D eigenvalue weighted by molar-refractivity contribution is 0.0398. The molecule has 2 aromatic heterocycles. The lowest BCUT2D eigenvalue weighted by Gasteiger charge is -2.44. The van der Waals surface area contributed by atoms with Crippen molar-refractivity contribution in [2.24, 2.45) is 5.92 Å². The Kier molecular flexibility index (Phi) is 9.29. The lowest BCUT2D eigenvalue weighted by Crippen LogP contribution is -2.49. The summed E-state index contributed by atoms with van der Waals surface area (Å²) in [6.07, 6.45) is 2.16. The average Bonchev–Trinajstić information content (AvgIpc) is 3.42. The van der Waals surface area contributed by atoms with Gasteiger partial charge in [0.2, 0.25) is 5.28 Å². The summed E-state index contributed by atoms with van der Waals surface area (Å²) in [4.78, 5) is 37.5. The number of fused-ring (bicyclic) bond motifs is 1. The molecule has 0 saturated carbocycles. The number of imidazole rings is 1. The molecular weight excluding hydrogens is 606 g/mol. The molecule has 3 N–H and O–H groups in total. The summed E-state index contributed by atoms with van der Waals surface area (Å²) in [6.45, 7) is 19.5. The fraction of sp³-hybridized carbons (Fsp3) is 0.586. The number of carbonyl (C=O) groups excluding carboxylic acids is 1. The van der Waals surface area contributed by atoms with Crippen LogP contribution in [0.4, 0.5) is 5.82 Å². The summed E-state index contributed by atoms with van der Waals surface area (Å²) in [5.41, 5.74) is 7.69. The first-order valence-electron chi connectivity index (χ1n) is 14.3. The van der Waals surface area contributed by atoms with Crippen LogP contribution in [-0.2, 0) is 9.16 Å². The van der Waals surface area contributed by atoms with Crippen molar-refractivity contribution in [3.63, 3.8) is 0 Å². The van der Waals surface area contributed by atoms with Gasteiger partial charge in [-0.25, -0.2) is 9.78 Å². The number of hydrogen-bond donors (Lipinski definition) is 2. The molecule has 0 radical (unpaired) electrons. The highest BCUT2D eigenvalue weighted by molar-refractivity contribution is 8.00. The van der Waals surface area contributed by atoms with Crippen LogP contribution in [0, 0.1) is 5.92 Å². The van der Waals surface area contributed by atoms with Crippen LogP contribution in [0.3, 0.4) is 0 Å². The predicted octanol–water partition coefficient (Wildman–Crippen LogP) is 6.91. The van der Waals surface area contributed by atoms with E-state index >= 15 is 0 Å². The van der Waals surface area contributed by atoms with Crippen LogP contribution in [-0.4, -0.2) is 64.9 Å². The van der Waals surface area contributed by atoms with E-state index in [1.165, 1.54) is 0 Å². The summed E-state index contributed by atoms with van der Waals surface area (Å²) in [5, 5.41) is -0.695. The highest BCUT2D eigenvalue weighted by atomic mass is 35.5. The van der Waals surface area contributed by atoms with Crippen LogP contribution in [0.5, 0.6) is 0 Å². The number of carbonyl (C=O) groups is 1. The zero-order valence-electron chi connectivity index (χ0n) is 26.0. The molecular formula is C29H44ClN5O4SSi2. The van der Waals surface area contributed by atoms with Crippen molar-refractivity contribution in [3.05, 3.63) is 47.5 Å². The SMILES string of the molecule is CC(C)(CC1C(O[Si](C)(C)C(C)(C)C)C(COC(=O)c2ccccc2)SC1n1cnc2c(N)nc(Cl)nc21)[Si](C)(C)O. The van der Waals surface area contributed by atoms with Crippen molar-refractivity contribution in [2.45, 2.75) is 94.0 Å². The van der Waals surface area contributed by atoms with Crippen LogP contribution < -0.4 is 5.73 Å². The van der Waals surface area contributed by atoms with Crippen molar-refractivity contribution in [2.75, 3.05) is 12.3 Å². The van der Waals surface area contributed by atoms with E-state index < -0.39 is 16.6 Å². The van der Waals surface area contributed by atoms with Crippen LogP contribution in [0.2, 0.25) is 41.5 Å². The molecule has 0 spiro atoms. The van der Waals surface area contributed by atoms with Crippen LogP contribution >= 0.6 is 23.4 Å². The molecule has 0 bridgehead atoms. The molecule has 9 nitrogen and oxygen atoms in total. The summed E-state index contributed by atoms with van der Waals surface area (Å²) in [7, 11) is -4.87. The van der Waals surface area contributed by atoms with Gasteiger partial charge in [0.15, 0.2) is 28.1 Å². The van der Waals surface area contributed by atoms with Crippen molar-refractivity contribution in [1.29, 1.82) is 0 Å². The number of nitrogens with two attached hydrogens (primary N) is 1. The molecule has 4 rings (SSSR count). The Bertz CT molecular complexity index is 1430. The van der Waals surface area contributed by atoms with Gasteiger partial charge < -0.3 is 24.3 Å². The lowest BCUT2D eigenvalue weighted by atomic mass is 9.89. The molecule has 3 aromatic rings. The second-order valence-electron chi connectivity index (χ2n) is 13.9. The Labute approximate surface area is 260 Å². The minimum Gasteiger partial charge on any atom is -0.461 e. The minimum atomic E-state index is -2.60. The second kappa shape index (κ2) is 11.8. The number of esters is 1. The second-order valence-corrected chi connectivity index (χ2v) is 24.8. The van der Waals surface area contributed by atoms with E-state index in [1.54, 1.807) is 30.2 Å². The van der Waals surface area contributed by atoms with E-state index in [4.69, 9.17) is 26.5 Å². The molecule has 13 heteroatoms. The number of halogens is 1. The van der Waals surface area contributed by atoms with Gasteiger partial charge >= 0.3 is 5.97 Å². The standard InChI is InChI=1S/C29H44ClN5O4SSi2/c1-28(2,3)42(8,9)39-22-19(15-29(4,5)41(6,7)37)25(35-17-32-21-23(31)33-27(30)34-24(21)35)40-20(22)16-38-26(36)18-13-11-10-12-14-18/h10-14,17,19-20,22,25,37H,15-16H2,1-9H3,(H2,31,33,34). The Morgan fingerprint density at radius 3 is 2.36 bits per heavy atom. The molecule has 230 valence electrons. The first kappa shape index (κ1) is 32.9. The molecule has 1 saturated heterocycles. The number of nitrogens with zero attached hydrogens (tertiary/aromatic N) is 4. The monoisotopic (exact) mass is 649 g/mol.